The fourth-order valence-electron chi connectivity index (χ4n) is 3.06. The lowest BCUT2D eigenvalue weighted by molar-refractivity contribution is -0.132. The van der Waals surface area contributed by atoms with E-state index in [-0.39, 0.29) is 5.91 Å². The summed E-state index contributed by atoms with van der Waals surface area (Å²) in [5.41, 5.74) is 7.40. The molecule has 1 aliphatic heterocycles. The van der Waals surface area contributed by atoms with Crippen molar-refractivity contribution >= 4 is 11.6 Å². The van der Waals surface area contributed by atoms with Gasteiger partial charge in [-0.1, -0.05) is 17.3 Å². The van der Waals surface area contributed by atoms with Crippen molar-refractivity contribution in [3.05, 3.63) is 41.5 Å². The molecule has 23 heavy (non-hydrogen) atoms. The number of nitrogens with two attached hydrogens (primary N) is 1. The average Bonchev–Trinajstić information content (AvgIpc) is 2.95. The number of anilines is 1. The summed E-state index contributed by atoms with van der Waals surface area (Å²) in [5, 5.41) is 3.95. The van der Waals surface area contributed by atoms with E-state index in [1.807, 2.05) is 29.2 Å². The van der Waals surface area contributed by atoms with Crippen LogP contribution in [0.15, 0.2) is 28.8 Å². The van der Waals surface area contributed by atoms with Crippen LogP contribution in [0.5, 0.6) is 0 Å². The number of nitrogen functional groups attached to an aromatic ring is 1. The van der Waals surface area contributed by atoms with Crippen LogP contribution in [-0.4, -0.2) is 34.0 Å². The van der Waals surface area contributed by atoms with Crippen molar-refractivity contribution in [3.8, 4) is 0 Å². The maximum absolute atomic E-state index is 12.5. The highest BCUT2D eigenvalue weighted by Crippen LogP contribution is 2.21. The molecule has 2 aromatic rings. The molecule has 1 aliphatic rings. The first-order valence-corrected chi connectivity index (χ1v) is 8.01. The minimum absolute atomic E-state index is 0.170. The quantitative estimate of drug-likeness (QED) is 0.872. The Balaban J connectivity index is 1.56. The molecule has 6 heteroatoms. The molecule has 1 atom stereocenters. The fraction of sp³-hybridized carbons (Fsp3) is 0.471. The number of likely N-dealkylation sites (tertiary alicyclic amines) is 1. The number of hydrogen-bond donors (Lipinski definition) is 1. The zero-order valence-electron chi connectivity index (χ0n) is 13.4. The van der Waals surface area contributed by atoms with Crippen molar-refractivity contribution in [2.45, 2.75) is 32.6 Å². The highest BCUT2D eigenvalue weighted by Gasteiger charge is 2.25. The van der Waals surface area contributed by atoms with Crippen LogP contribution >= 0.6 is 0 Å². The Morgan fingerprint density at radius 1 is 1.39 bits per heavy atom. The normalized spacial score (nSPS) is 18.1. The lowest BCUT2D eigenvalue weighted by Crippen LogP contribution is -2.41. The number of carbonyl (C=O) groups excluding carboxylic acids is 1. The summed E-state index contributed by atoms with van der Waals surface area (Å²) in [6.07, 6.45) is 3.31. The molecule has 1 saturated heterocycles. The van der Waals surface area contributed by atoms with Crippen LogP contribution < -0.4 is 5.73 Å². The van der Waals surface area contributed by atoms with Gasteiger partial charge in [0.1, 0.15) is 0 Å². The van der Waals surface area contributed by atoms with E-state index < -0.39 is 0 Å². The molecule has 0 bridgehead atoms. The molecule has 2 N–H and O–H groups in total. The number of nitrogens with zero attached hydrogens (tertiary/aromatic N) is 3. The van der Waals surface area contributed by atoms with E-state index in [1.54, 1.807) is 6.92 Å². The van der Waals surface area contributed by atoms with Gasteiger partial charge in [-0.3, -0.25) is 4.79 Å². The fourth-order valence-corrected chi connectivity index (χ4v) is 3.06. The van der Waals surface area contributed by atoms with Gasteiger partial charge in [0, 0.05) is 32.1 Å². The molecule has 0 saturated carbocycles. The molecule has 6 nitrogen and oxygen atoms in total. The summed E-state index contributed by atoms with van der Waals surface area (Å²) in [6.45, 7) is 3.39. The second-order valence-electron chi connectivity index (χ2n) is 6.20. The number of rotatable bonds is 4. The van der Waals surface area contributed by atoms with Crippen LogP contribution in [0.3, 0.4) is 0 Å². The van der Waals surface area contributed by atoms with Crippen LogP contribution in [0.25, 0.3) is 0 Å². The summed E-state index contributed by atoms with van der Waals surface area (Å²) in [6, 6.07) is 7.49. The number of carbonyl (C=O) groups is 1. The third-order valence-electron chi connectivity index (χ3n) is 4.25. The number of hydrogen-bond acceptors (Lipinski definition) is 5. The Labute approximate surface area is 135 Å². The molecule has 0 spiro atoms. The molecule has 1 amide bonds. The maximum Gasteiger partial charge on any atom is 0.226 e. The first-order chi connectivity index (χ1) is 11.1. The third-order valence-corrected chi connectivity index (χ3v) is 4.25. The Morgan fingerprint density at radius 2 is 2.17 bits per heavy atom. The van der Waals surface area contributed by atoms with Gasteiger partial charge in [0.15, 0.2) is 5.82 Å². The number of aromatic nitrogens is 2. The predicted molar refractivity (Wildman–Crippen MR) is 86.6 cm³/mol. The van der Waals surface area contributed by atoms with Crippen LogP contribution in [0.2, 0.25) is 0 Å². The molecule has 1 aromatic heterocycles. The van der Waals surface area contributed by atoms with Gasteiger partial charge in [0.05, 0.1) is 6.42 Å². The van der Waals surface area contributed by atoms with Gasteiger partial charge in [0.2, 0.25) is 11.8 Å². The van der Waals surface area contributed by atoms with Gasteiger partial charge < -0.3 is 15.2 Å². The largest absolute Gasteiger partial charge is 0.399 e. The smallest absolute Gasteiger partial charge is 0.226 e. The summed E-state index contributed by atoms with van der Waals surface area (Å²) in [4.78, 5) is 18.7. The Bertz CT molecular complexity index is 665. The molecule has 3 rings (SSSR count). The number of amides is 1. The number of benzene rings is 1. The van der Waals surface area contributed by atoms with Crippen molar-refractivity contribution in [1.82, 2.24) is 15.0 Å². The standard InChI is InChI=1S/C17H22N4O2/c1-12-19-16(20-23-12)9-14-3-2-8-21(11-14)17(22)10-13-4-6-15(18)7-5-13/h4-7,14H,2-3,8-11,18H2,1H3. The van der Waals surface area contributed by atoms with E-state index in [0.717, 1.165) is 49.4 Å². The number of aryl methyl sites for hydroxylation is 1. The Morgan fingerprint density at radius 3 is 2.87 bits per heavy atom. The highest BCUT2D eigenvalue weighted by molar-refractivity contribution is 5.79. The summed E-state index contributed by atoms with van der Waals surface area (Å²) >= 11 is 0. The van der Waals surface area contributed by atoms with Crippen LogP contribution in [0, 0.1) is 12.8 Å². The van der Waals surface area contributed by atoms with Gasteiger partial charge in [-0.05, 0) is 36.5 Å². The van der Waals surface area contributed by atoms with Crippen molar-refractivity contribution in [1.29, 1.82) is 0 Å². The van der Waals surface area contributed by atoms with Crippen molar-refractivity contribution < 1.29 is 9.32 Å². The molecule has 122 valence electrons. The number of piperidine rings is 1. The van der Waals surface area contributed by atoms with Crippen molar-refractivity contribution in [3.63, 3.8) is 0 Å². The van der Waals surface area contributed by atoms with Crippen LogP contribution in [-0.2, 0) is 17.6 Å². The van der Waals surface area contributed by atoms with E-state index in [9.17, 15) is 4.79 Å². The first kappa shape index (κ1) is 15.5. The van der Waals surface area contributed by atoms with E-state index in [4.69, 9.17) is 10.3 Å². The summed E-state index contributed by atoms with van der Waals surface area (Å²) in [5.74, 6) is 1.90. The predicted octanol–water partition coefficient (Wildman–Crippen LogP) is 1.98. The van der Waals surface area contributed by atoms with Crippen LogP contribution in [0.4, 0.5) is 5.69 Å². The lowest BCUT2D eigenvalue weighted by Gasteiger charge is -2.32. The van der Waals surface area contributed by atoms with E-state index >= 15 is 0 Å². The lowest BCUT2D eigenvalue weighted by atomic mass is 9.94. The van der Waals surface area contributed by atoms with E-state index in [2.05, 4.69) is 10.1 Å². The Kier molecular flexibility index (Phi) is 4.60. The zero-order chi connectivity index (χ0) is 16.2. The van der Waals surface area contributed by atoms with Crippen molar-refractivity contribution in [2.75, 3.05) is 18.8 Å². The maximum atomic E-state index is 12.5. The van der Waals surface area contributed by atoms with Gasteiger partial charge in [-0.2, -0.15) is 4.98 Å². The second-order valence-corrected chi connectivity index (χ2v) is 6.20. The van der Waals surface area contributed by atoms with Gasteiger partial charge in [-0.15, -0.1) is 0 Å². The topological polar surface area (TPSA) is 85.2 Å². The minimum Gasteiger partial charge on any atom is -0.399 e. The van der Waals surface area contributed by atoms with Gasteiger partial charge in [0.25, 0.3) is 0 Å². The van der Waals surface area contributed by atoms with Gasteiger partial charge >= 0.3 is 0 Å². The molecular weight excluding hydrogens is 292 g/mol. The zero-order valence-corrected chi connectivity index (χ0v) is 13.4. The Hall–Kier alpha value is -2.37. The molecule has 1 unspecified atom stereocenters. The third kappa shape index (κ3) is 4.09. The second kappa shape index (κ2) is 6.81. The average molecular weight is 314 g/mol. The monoisotopic (exact) mass is 314 g/mol. The highest BCUT2D eigenvalue weighted by atomic mass is 16.5. The van der Waals surface area contributed by atoms with Crippen molar-refractivity contribution in [2.24, 2.45) is 5.92 Å². The summed E-state index contributed by atoms with van der Waals surface area (Å²) in [7, 11) is 0. The van der Waals surface area contributed by atoms with Gasteiger partial charge in [-0.25, -0.2) is 0 Å². The SMILES string of the molecule is Cc1nc(CC2CCCN(C(=O)Cc3ccc(N)cc3)C2)no1. The minimum atomic E-state index is 0.170. The summed E-state index contributed by atoms with van der Waals surface area (Å²) < 4.78 is 5.02. The van der Waals surface area contributed by atoms with E-state index in [0.29, 0.717) is 18.2 Å². The molecule has 0 aliphatic carbocycles. The molecule has 1 aromatic carbocycles. The van der Waals surface area contributed by atoms with Crippen LogP contribution in [0.1, 0.15) is 30.1 Å². The molecular formula is C17H22N4O2. The van der Waals surface area contributed by atoms with E-state index in [1.165, 1.54) is 0 Å². The molecule has 2 heterocycles. The molecule has 1 fully saturated rings. The first-order valence-electron chi connectivity index (χ1n) is 8.01. The molecule has 0 radical (unpaired) electrons.